The summed E-state index contributed by atoms with van der Waals surface area (Å²) in [6, 6.07) is 5.79. The second-order valence-corrected chi connectivity index (χ2v) is 4.77. The molecule has 1 unspecified atom stereocenters. The number of hydrogen-bond donors (Lipinski definition) is 1. The Morgan fingerprint density at radius 2 is 2.38 bits per heavy atom. The Bertz CT molecular complexity index is 365. The van der Waals surface area contributed by atoms with Crippen molar-refractivity contribution in [3.63, 3.8) is 0 Å². The second kappa shape index (κ2) is 3.35. The molecule has 1 aliphatic heterocycles. The van der Waals surface area contributed by atoms with Crippen molar-refractivity contribution >= 4 is 33.7 Å². The van der Waals surface area contributed by atoms with Crippen LogP contribution < -0.4 is 0 Å². The summed E-state index contributed by atoms with van der Waals surface area (Å²) in [7, 11) is 0. The molecule has 1 aromatic carbocycles. The predicted octanol–water partition coefficient (Wildman–Crippen LogP) is 2.72. The minimum atomic E-state index is -0.738. The molecule has 0 spiro atoms. The van der Waals surface area contributed by atoms with Crippen molar-refractivity contribution in [3.8, 4) is 0 Å². The maximum atomic E-state index is 10.9. The number of fused-ring (bicyclic) bond motifs is 1. The standard InChI is InChI=1S/C9H7BrO2S/c10-6-2-1-3-7-8(6)5(4-13-7)9(11)12/h1-3,5H,4H2,(H,11,12). The fraction of sp³-hybridized carbons (Fsp3) is 0.222. The van der Waals surface area contributed by atoms with Gasteiger partial charge in [0.15, 0.2) is 0 Å². The van der Waals surface area contributed by atoms with E-state index in [-0.39, 0.29) is 5.92 Å². The van der Waals surface area contributed by atoms with Gasteiger partial charge >= 0.3 is 5.97 Å². The van der Waals surface area contributed by atoms with Crippen LogP contribution in [0.2, 0.25) is 0 Å². The van der Waals surface area contributed by atoms with Gasteiger partial charge in [0.1, 0.15) is 0 Å². The molecule has 1 aromatic rings. The Balaban J connectivity index is 2.52. The Morgan fingerprint density at radius 3 is 3.08 bits per heavy atom. The number of halogens is 1. The van der Waals surface area contributed by atoms with Crippen molar-refractivity contribution in [1.29, 1.82) is 0 Å². The lowest BCUT2D eigenvalue weighted by Crippen LogP contribution is -2.10. The van der Waals surface area contributed by atoms with Crippen LogP contribution in [0, 0.1) is 0 Å². The minimum Gasteiger partial charge on any atom is -0.481 e. The number of thioether (sulfide) groups is 1. The van der Waals surface area contributed by atoms with Gasteiger partial charge in [-0.05, 0) is 17.7 Å². The molecule has 0 fully saturated rings. The molecule has 0 radical (unpaired) electrons. The summed E-state index contributed by atoms with van der Waals surface area (Å²) in [5, 5.41) is 8.95. The lowest BCUT2D eigenvalue weighted by Gasteiger charge is -2.06. The van der Waals surface area contributed by atoms with Gasteiger partial charge in [0.25, 0.3) is 0 Å². The third-order valence-electron chi connectivity index (χ3n) is 2.06. The van der Waals surface area contributed by atoms with E-state index >= 15 is 0 Å². The van der Waals surface area contributed by atoms with Crippen molar-refractivity contribution < 1.29 is 9.90 Å². The molecule has 13 heavy (non-hydrogen) atoms. The molecule has 68 valence electrons. The lowest BCUT2D eigenvalue weighted by atomic mass is 10.0. The first-order chi connectivity index (χ1) is 6.20. The van der Waals surface area contributed by atoms with Crippen LogP contribution in [0.15, 0.2) is 27.6 Å². The highest BCUT2D eigenvalue weighted by Gasteiger charge is 2.30. The second-order valence-electron chi connectivity index (χ2n) is 2.85. The fourth-order valence-corrected chi connectivity index (χ4v) is 3.44. The average Bonchev–Trinajstić information content (AvgIpc) is 2.49. The molecule has 1 heterocycles. The Labute approximate surface area is 88.5 Å². The topological polar surface area (TPSA) is 37.3 Å². The van der Waals surface area contributed by atoms with Gasteiger partial charge in [-0.15, -0.1) is 11.8 Å². The van der Waals surface area contributed by atoms with E-state index < -0.39 is 5.97 Å². The van der Waals surface area contributed by atoms with E-state index in [0.717, 1.165) is 14.9 Å². The van der Waals surface area contributed by atoms with E-state index in [4.69, 9.17) is 5.11 Å². The van der Waals surface area contributed by atoms with E-state index in [1.165, 1.54) is 0 Å². The van der Waals surface area contributed by atoms with Crippen LogP contribution in [0.4, 0.5) is 0 Å². The summed E-state index contributed by atoms with van der Waals surface area (Å²) >= 11 is 4.99. The first kappa shape index (κ1) is 9.09. The zero-order chi connectivity index (χ0) is 9.42. The fourth-order valence-electron chi connectivity index (χ4n) is 1.43. The monoisotopic (exact) mass is 258 g/mol. The number of carboxylic acids is 1. The summed E-state index contributed by atoms with van der Waals surface area (Å²) in [6.07, 6.45) is 0. The normalized spacial score (nSPS) is 19.9. The highest BCUT2D eigenvalue weighted by atomic mass is 79.9. The number of benzene rings is 1. The summed E-state index contributed by atoms with van der Waals surface area (Å²) in [6.45, 7) is 0. The van der Waals surface area contributed by atoms with Gasteiger partial charge in [-0.3, -0.25) is 4.79 Å². The summed E-state index contributed by atoms with van der Waals surface area (Å²) in [4.78, 5) is 12.0. The molecule has 0 saturated heterocycles. The summed E-state index contributed by atoms with van der Waals surface area (Å²) in [5.41, 5.74) is 0.931. The molecule has 0 aromatic heterocycles. The van der Waals surface area contributed by atoms with Crippen LogP contribution in [-0.4, -0.2) is 16.8 Å². The average molecular weight is 259 g/mol. The molecule has 0 bridgehead atoms. The number of carboxylic acid groups (broad SMARTS) is 1. The smallest absolute Gasteiger partial charge is 0.311 e. The van der Waals surface area contributed by atoms with Gasteiger partial charge in [0.2, 0.25) is 0 Å². The van der Waals surface area contributed by atoms with E-state index in [1.54, 1.807) is 11.8 Å². The zero-order valence-electron chi connectivity index (χ0n) is 6.66. The zero-order valence-corrected chi connectivity index (χ0v) is 9.06. The maximum Gasteiger partial charge on any atom is 0.311 e. The van der Waals surface area contributed by atoms with E-state index in [9.17, 15) is 4.79 Å². The summed E-state index contributed by atoms with van der Waals surface area (Å²) in [5.74, 6) is -0.443. The van der Waals surface area contributed by atoms with Crippen molar-refractivity contribution in [3.05, 3.63) is 28.2 Å². The Morgan fingerprint density at radius 1 is 1.62 bits per heavy atom. The number of aliphatic carboxylic acids is 1. The van der Waals surface area contributed by atoms with E-state index in [1.807, 2.05) is 18.2 Å². The molecule has 0 saturated carbocycles. The van der Waals surface area contributed by atoms with Gasteiger partial charge in [0, 0.05) is 15.1 Å². The van der Waals surface area contributed by atoms with E-state index in [0.29, 0.717) is 5.75 Å². The van der Waals surface area contributed by atoms with Crippen molar-refractivity contribution in [2.75, 3.05) is 5.75 Å². The minimum absolute atomic E-state index is 0.351. The molecule has 2 nitrogen and oxygen atoms in total. The largest absolute Gasteiger partial charge is 0.481 e. The summed E-state index contributed by atoms with van der Waals surface area (Å²) < 4.78 is 0.905. The molecular formula is C9H7BrO2S. The van der Waals surface area contributed by atoms with Crippen LogP contribution in [0.25, 0.3) is 0 Å². The van der Waals surface area contributed by atoms with Gasteiger partial charge in [-0.2, -0.15) is 0 Å². The van der Waals surface area contributed by atoms with Gasteiger partial charge in [-0.25, -0.2) is 0 Å². The lowest BCUT2D eigenvalue weighted by molar-refractivity contribution is -0.138. The molecule has 4 heteroatoms. The number of rotatable bonds is 1. The molecule has 0 aliphatic carbocycles. The Kier molecular flexibility index (Phi) is 2.34. The quantitative estimate of drug-likeness (QED) is 0.842. The van der Waals surface area contributed by atoms with Gasteiger partial charge in [0.05, 0.1) is 5.92 Å². The maximum absolute atomic E-state index is 10.9. The first-order valence-corrected chi connectivity index (χ1v) is 5.62. The van der Waals surface area contributed by atoms with Crippen molar-refractivity contribution in [2.45, 2.75) is 10.8 Å². The molecule has 2 rings (SSSR count). The highest BCUT2D eigenvalue weighted by Crippen LogP contribution is 2.43. The molecule has 0 amide bonds. The van der Waals surface area contributed by atoms with Crippen LogP contribution >= 0.6 is 27.7 Å². The van der Waals surface area contributed by atoms with Crippen LogP contribution in [0.3, 0.4) is 0 Å². The number of carbonyl (C=O) groups is 1. The SMILES string of the molecule is O=C(O)C1CSc2cccc(Br)c21. The third-order valence-corrected chi connectivity index (χ3v) is 3.92. The Hall–Kier alpha value is -0.480. The van der Waals surface area contributed by atoms with Crippen LogP contribution in [0.5, 0.6) is 0 Å². The van der Waals surface area contributed by atoms with Crippen LogP contribution in [-0.2, 0) is 4.79 Å². The molecular weight excluding hydrogens is 252 g/mol. The molecule has 1 atom stereocenters. The van der Waals surface area contributed by atoms with E-state index in [2.05, 4.69) is 15.9 Å². The van der Waals surface area contributed by atoms with Crippen LogP contribution in [0.1, 0.15) is 11.5 Å². The van der Waals surface area contributed by atoms with Crippen molar-refractivity contribution in [1.82, 2.24) is 0 Å². The molecule has 1 aliphatic rings. The van der Waals surface area contributed by atoms with Crippen molar-refractivity contribution in [2.24, 2.45) is 0 Å². The highest BCUT2D eigenvalue weighted by molar-refractivity contribution is 9.10. The third kappa shape index (κ3) is 1.48. The van der Waals surface area contributed by atoms with Gasteiger partial charge < -0.3 is 5.11 Å². The van der Waals surface area contributed by atoms with Gasteiger partial charge in [-0.1, -0.05) is 22.0 Å². The first-order valence-electron chi connectivity index (χ1n) is 3.84. The number of hydrogen-bond acceptors (Lipinski definition) is 2. The molecule has 1 N–H and O–H groups in total. The predicted molar refractivity (Wildman–Crippen MR) is 55.2 cm³/mol.